The maximum absolute atomic E-state index is 13.4. The van der Waals surface area contributed by atoms with Crippen molar-refractivity contribution in [1.82, 2.24) is 19.5 Å². The van der Waals surface area contributed by atoms with Crippen molar-refractivity contribution in [2.75, 3.05) is 6.54 Å². The Kier molecular flexibility index (Phi) is 3.72. The van der Waals surface area contributed by atoms with Gasteiger partial charge in [-0.1, -0.05) is 35.9 Å². The van der Waals surface area contributed by atoms with Gasteiger partial charge in [0.1, 0.15) is 0 Å². The molecule has 0 spiro atoms. The zero-order valence-electron chi connectivity index (χ0n) is 14.2. The number of aromatic amines is 1. The number of aromatic nitrogens is 3. The molecule has 0 saturated carbocycles. The van der Waals surface area contributed by atoms with Gasteiger partial charge in [0, 0.05) is 40.5 Å². The number of rotatable bonds is 2. The van der Waals surface area contributed by atoms with Crippen molar-refractivity contribution in [3.8, 4) is 0 Å². The fourth-order valence-corrected chi connectivity index (χ4v) is 5.60. The van der Waals surface area contributed by atoms with Crippen molar-refractivity contribution >= 4 is 43.4 Å². The normalized spacial score (nSPS) is 15.3. The van der Waals surface area contributed by atoms with Crippen molar-refractivity contribution < 1.29 is 8.42 Å². The second-order valence-corrected chi connectivity index (χ2v) is 8.89. The molecular formula is C19H15ClN4O2S. The lowest BCUT2D eigenvalue weighted by Gasteiger charge is -2.28. The van der Waals surface area contributed by atoms with E-state index in [0.717, 1.165) is 27.5 Å². The molecule has 1 aliphatic heterocycles. The number of benzene rings is 2. The molecule has 136 valence electrons. The minimum Gasteiger partial charge on any atom is -0.261 e. The zero-order valence-corrected chi connectivity index (χ0v) is 15.8. The van der Waals surface area contributed by atoms with E-state index in [4.69, 9.17) is 11.6 Å². The molecule has 5 rings (SSSR count). The number of nitrogens with zero attached hydrogens (tertiary/aromatic N) is 3. The highest BCUT2D eigenvalue weighted by molar-refractivity contribution is 7.89. The average Bonchev–Trinajstić information content (AvgIpc) is 3.16. The Bertz CT molecular complexity index is 1300. The van der Waals surface area contributed by atoms with Crippen molar-refractivity contribution in [1.29, 1.82) is 0 Å². The first-order valence-corrected chi connectivity index (χ1v) is 10.3. The van der Waals surface area contributed by atoms with E-state index in [9.17, 15) is 8.42 Å². The lowest BCUT2D eigenvalue weighted by Crippen LogP contribution is -2.36. The van der Waals surface area contributed by atoms with Gasteiger partial charge in [0.2, 0.25) is 10.0 Å². The molecule has 3 heterocycles. The van der Waals surface area contributed by atoms with Crippen molar-refractivity contribution in [2.24, 2.45) is 0 Å². The molecule has 4 aromatic rings. The Morgan fingerprint density at radius 2 is 1.85 bits per heavy atom. The van der Waals surface area contributed by atoms with E-state index in [2.05, 4.69) is 15.2 Å². The minimum atomic E-state index is -3.66. The van der Waals surface area contributed by atoms with Gasteiger partial charge in [0.25, 0.3) is 0 Å². The summed E-state index contributed by atoms with van der Waals surface area (Å²) in [6.07, 6.45) is 4.11. The maximum atomic E-state index is 13.4. The molecule has 0 amide bonds. The summed E-state index contributed by atoms with van der Waals surface area (Å²) >= 11 is 6.25. The first kappa shape index (κ1) is 16.7. The van der Waals surface area contributed by atoms with Crippen LogP contribution in [0.5, 0.6) is 0 Å². The number of pyridine rings is 1. The average molecular weight is 399 g/mol. The highest BCUT2D eigenvalue weighted by atomic mass is 35.5. The van der Waals surface area contributed by atoms with Gasteiger partial charge >= 0.3 is 0 Å². The fourth-order valence-electron chi connectivity index (χ4n) is 3.74. The number of halogens is 1. The van der Waals surface area contributed by atoms with E-state index in [1.807, 2.05) is 6.07 Å². The summed E-state index contributed by atoms with van der Waals surface area (Å²) in [5, 5.41) is 9.77. The quantitative estimate of drug-likeness (QED) is 0.560. The van der Waals surface area contributed by atoms with Crippen LogP contribution in [0.2, 0.25) is 5.02 Å². The summed E-state index contributed by atoms with van der Waals surface area (Å²) in [5.74, 6) is 0. The van der Waals surface area contributed by atoms with Crippen molar-refractivity contribution in [3.63, 3.8) is 0 Å². The Labute approximate surface area is 160 Å². The van der Waals surface area contributed by atoms with Crippen LogP contribution >= 0.6 is 11.6 Å². The van der Waals surface area contributed by atoms with Crippen LogP contribution in [-0.2, 0) is 23.0 Å². The van der Waals surface area contributed by atoms with Crippen LogP contribution in [0.15, 0.2) is 53.7 Å². The van der Waals surface area contributed by atoms with Gasteiger partial charge in [-0.15, -0.1) is 0 Å². The van der Waals surface area contributed by atoms with Crippen LogP contribution < -0.4 is 0 Å². The van der Waals surface area contributed by atoms with E-state index in [1.54, 1.807) is 42.7 Å². The molecule has 0 aliphatic carbocycles. The molecule has 6 nitrogen and oxygen atoms in total. The number of nitrogens with one attached hydrogen (secondary N) is 1. The maximum Gasteiger partial charge on any atom is 0.244 e. The zero-order chi connectivity index (χ0) is 18.6. The van der Waals surface area contributed by atoms with Crippen LogP contribution in [0.4, 0.5) is 0 Å². The monoisotopic (exact) mass is 398 g/mol. The second-order valence-electron chi connectivity index (χ2n) is 6.57. The van der Waals surface area contributed by atoms with Gasteiger partial charge in [-0.25, -0.2) is 13.4 Å². The molecule has 1 N–H and O–H groups in total. The smallest absolute Gasteiger partial charge is 0.244 e. The number of sulfonamides is 1. The molecule has 1 aliphatic rings. The molecule has 2 aromatic heterocycles. The lowest BCUT2D eigenvalue weighted by molar-refractivity contribution is 0.392. The number of hydrogen-bond acceptors (Lipinski definition) is 4. The summed E-state index contributed by atoms with van der Waals surface area (Å²) < 4.78 is 28.3. The van der Waals surface area contributed by atoms with E-state index in [1.165, 1.54) is 4.31 Å². The Balaban J connectivity index is 1.60. The van der Waals surface area contributed by atoms with Gasteiger partial charge in [-0.2, -0.15) is 9.40 Å². The summed E-state index contributed by atoms with van der Waals surface area (Å²) in [7, 11) is -3.66. The van der Waals surface area contributed by atoms with E-state index in [-0.39, 0.29) is 4.90 Å². The van der Waals surface area contributed by atoms with Crippen LogP contribution in [0.1, 0.15) is 11.1 Å². The van der Waals surface area contributed by atoms with Gasteiger partial charge in [0.05, 0.1) is 11.1 Å². The summed E-state index contributed by atoms with van der Waals surface area (Å²) in [4.78, 5) is 4.63. The SMILES string of the molecule is O=S(=O)(c1cccc2c(Cl)cccc12)N1CCc2c(cnc3[nH]ncc23)C1. The number of hydrogen-bond donors (Lipinski definition) is 1. The highest BCUT2D eigenvalue weighted by Gasteiger charge is 2.30. The van der Waals surface area contributed by atoms with Crippen molar-refractivity contribution in [2.45, 2.75) is 17.9 Å². The van der Waals surface area contributed by atoms with Gasteiger partial charge in [-0.05, 0) is 29.7 Å². The van der Waals surface area contributed by atoms with Crippen LogP contribution in [0, 0.1) is 0 Å². The predicted molar refractivity (Wildman–Crippen MR) is 104 cm³/mol. The molecule has 8 heteroatoms. The highest BCUT2D eigenvalue weighted by Crippen LogP contribution is 2.33. The van der Waals surface area contributed by atoms with Crippen LogP contribution in [0.3, 0.4) is 0 Å². The van der Waals surface area contributed by atoms with Gasteiger partial charge < -0.3 is 0 Å². The topological polar surface area (TPSA) is 79.0 Å². The molecule has 0 fully saturated rings. The van der Waals surface area contributed by atoms with Crippen molar-refractivity contribution in [3.05, 3.63) is 64.9 Å². The molecule has 0 saturated heterocycles. The molecule has 0 unspecified atom stereocenters. The minimum absolute atomic E-state index is 0.281. The fraction of sp³-hybridized carbons (Fsp3) is 0.158. The number of fused-ring (bicyclic) bond motifs is 4. The molecule has 0 atom stereocenters. The molecule has 0 bridgehead atoms. The molecule has 0 radical (unpaired) electrons. The second kappa shape index (κ2) is 6.02. The van der Waals surface area contributed by atoms with Gasteiger partial charge in [-0.3, -0.25) is 5.10 Å². The third kappa shape index (κ3) is 2.54. The first-order chi connectivity index (χ1) is 13.1. The third-order valence-electron chi connectivity index (χ3n) is 5.09. The Morgan fingerprint density at radius 1 is 1.04 bits per heavy atom. The Morgan fingerprint density at radius 3 is 2.74 bits per heavy atom. The molecular weight excluding hydrogens is 384 g/mol. The van der Waals surface area contributed by atoms with Gasteiger partial charge in [0.15, 0.2) is 5.65 Å². The van der Waals surface area contributed by atoms with E-state index in [0.29, 0.717) is 29.9 Å². The Hall–Kier alpha value is -2.48. The summed E-state index contributed by atoms with van der Waals surface area (Å²) in [5.41, 5.74) is 2.76. The summed E-state index contributed by atoms with van der Waals surface area (Å²) in [6.45, 7) is 0.708. The van der Waals surface area contributed by atoms with Crippen LogP contribution in [-0.4, -0.2) is 34.4 Å². The summed E-state index contributed by atoms with van der Waals surface area (Å²) in [6, 6.07) is 10.5. The lowest BCUT2D eigenvalue weighted by atomic mass is 10.0. The van der Waals surface area contributed by atoms with E-state index >= 15 is 0 Å². The van der Waals surface area contributed by atoms with E-state index < -0.39 is 10.0 Å². The third-order valence-corrected chi connectivity index (χ3v) is 7.32. The standard InChI is InChI=1S/C19H15ClN4O2S/c20-17-5-1-4-15-14(17)3-2-6-18(15)27(25,26)24-8-7-13-12(11-24)9-21-19-16(13)10-22-23-19/h1-6,9-10H,7-8,11H2,(H,21,22,23). The number of H-pyrrole nitrogens is 1. The largest absolute Gasteiger partial charge is 0.261 e. The van der Waals surface area contributed by atoms with Crippen LogP contribution in [0.25, 0.3) is 21.8 Å². The predicted octanol–water partition coefficient (Wildman–Crippen LogP) is 3.51. The molecule has 27 heavy (non-hydrogen) atoms. The molecule has 2 aromatic carbocycles. The first-order valence-electron chi connectivity index (χ1n) is 8.53.